The van der Waals surface area contributed by atoms with Crippen LogP contribution in [-0.4, -0.2) is 65.9 Å². The summed E-state index contributed by atoms with van der Waals surface area (Å²) in [5, 5.41) is 4.91. The monoisotopic (exact) mass is 529 g/mol. The third-order valence-electron chi connectivity index (χ3n) is 5.58. The van der Waals surface area contributed by atoms with Gasteiger partial charge in [0.2, 0.25) is 11.8 Å². The van der Waals surface area contributed by atoms with Gasteiger partial charge in [-0.1, -0.05) is 55.4 Å². The lowest BCUT2D eigenvalue weighted by atomic mass is 10.0. The lowest BCUT2D eigenvalue weighted by molar-refractivity contribution is -0.168. The van der Waals surface area contributed by atoms with Gasteiger partial charge < -0.3 is 37.3 Å². The molecule has 2 amide bonds. The van der Waals surface area contributed by atoms with Crippen molar-refractivity contribution in [2.75, 3.05) is 0 Å². The topological polar surface area (TPSA) is 223 Å². The van der Waals surface area contributed by atoms with E-state index in [4.69, 9.17) is 26.7 Å². The first-order chi connectivity index (χ1) is 16.9. The Labute approximate surface area is 217 Å². The van der Waals surface area contributed by atoms with Crippen molar-refractivity contribution >= 4 is 35.7 Å². The van der Waals surface area contributed by atoms with Crippen molar-refractivity contribution in [3.63, 3.8) is 0 Å². The van der Waals surface area contributed by atoms with Crippen LogP contribution in [0.3, 0.4) is 0 Å². The fourth-order valence-corrected chi connectivity index (χ4v) is 2.82. The number of carbonyl (C=O) groups excluding carboxylic acids is 6. The van der Waals surface area contributed by atoms with E-state index in [2.05, 4.69) is 10.6 Å². The molecule has 0 aromatic carbocycles. The van der Waals surface area contributed by atoms with Crippen molar-refractivity contribution in [2.45, 2.75) is 92.0 Å². The summed E-state index contributed by atoms with van der Waals surface area (Å²) >= 11 is 0. The van der Waals surface area contributed by atoms with Crippen LogP contribution in [0.4, 0.5) is 0 Å². The van der Waals surface area contributed by atoms with E-state index >= 15 is 0 Å². The van der Waals surface area contributed by atoms with Crippen LogP contribution >= 0.6 is 0 Å². The van der Waals surface area contributed by atoms with E-state index in [1.165, 1.54) is 0 Å². The number of carbonyl (C=O) groups is 6. The first-order valence-electron chi connectivity index (χ1n) is 12.3. The van der Waals surface area contributed by atoms with Crippen molar-refractivity contribution in [3.05, 3.63) is 0 Å². The number of rotatable bonds is 13. The van der Waals surface area contributed by atoms with Crippen molar-refractivity contribution < 1.29 is 38.2 Å². The molecule has 0 unspecified atom stereocenters. The third kappa shape index (κ3) is 11.4. The number of nitrogens with one attached hydrogen (secondary N) is 2. The molecule has 0 spiro atoms. The minimum atomic E-state index is -1.63. The summed E-state index contributed by atoms with van der Waals surface area (Å²) in [6, 6.07) is -5.73. The maximum absolute atomic E-state index is 12.5. The summed E-state index contributed by atoms with van der Waals surface area (Å²) in [4.78, 5) is 73.9. The highest BCUT2D eigenvalue weighted by Crippen LogP contribution is 2.10. The Balaban J connectivity index is 5.09. The molecular formula is C24H43N5O8. The summed E-state index contributed by atoms with van der Waals surface area (Å²) in [5.74, 6) is -6.98. The SMILES string of the molecule is CC(C)[C@H](N)C(=O)N[C@H](C(=O)OC(=O)C[C@H](N)C(=O)OC(=O)[C@@H](NC(=O)[C@@H](N)C(C)C)C(C)C)C(C)C. The first-order valence-corrected chi connectivity index (χ1v) is 12.3. The van der Waals surface area contributed by atoms with Crippen molar-refractivity contribution in [3.8, 4) is 0 Å². The first kappa shape index (κ1) is 34.1. The molecule has 0 heterocycles. The molecule has 0 rings (SSSR count). The minimum Gasteiger partial charge on any atom is -0.392 e. The van der Waals surface area contributed by atoms with Gasteiger partial charge in [-0.2, -0.15) is 0 Å². The molecule has 0 aromatic heterocycles. The van der Waals surface area contributed by atoms with Gasteiger partial charge in [-0.15, -0.1) is 0 Å². The van der Waals surface area contributed by atoms with Crippen molar-refractivity contribution in [2.24, 2.45) is 40.9 Å². The molecule has 13 heteroatoms. The van der Waals surface area contributed by atoms with Gasteiger partial charge in [0, 0.05) is 0 Å². The molecule has 0 bridgehead atoms. The van der Waals surface area contributed by atoms with Gasteiger partial charge in [-0.3, -0.25) is 14.4 Å². The minimum absolute atomic E-state index is 0.187. The predicted molar refractivity (Wildman–Crippen MR) is 134 cm³/mol. The van der Waals surface area contributed by atoms with Gasteiger partial charge in [0.1, 0.15) is 18.1 Å². The van der Waals surface area contributed by atoms with E-state index in [1.807, 2.05) is 0 Å². The second-order valence-electron chi connectivity index (χ2n) is 10.3. The summed E-state index contributed by atoms with van der Waals surface area (Å²) in [6.07, 6.45) is -0.779. The van der Waals surface area contributed by atoms with Crippen LogP contribution in [0.5, 0.6) is 0 Å². The second kappa shape index (κ2) is 15.4. The predicted octanol–water partition coefficient (Wildman–Crippen LogP) is -0.908. The van der Waals surface area contributed by atoms with Crippen LogP contribution in [0.1, 0.15) is 61.8 Å². The molecule has 0 aromatic rings. The van der Waals surface area contributed by atoms with Gasteiger partial charge in [0.15, 0.2) is 0 Å². The van der Waals surface area contributed by atoms with Crippen molar-refractivity contribution in [1.29, 1.82) is 0 Å². The fourth-order valence-electron chi connectivity index (χ4n) is 2.82. The van der Waals surface area contributed by atoms with Crippen LogP contribution in [-0.2, 0) is 38.2 Å². The number of ether oxygens (including phenoxy) is 2. The van der Waals surface area contributed by atoms with E-state index < -0.39 is 84.2 Å². The van der Waals surface area contributed by atoms with E-state index in [0.29, 0.717) is 0 Å². The zero-order valence-electron chi connectivity index (χ0n) is 22.9. The summed E-state index contributed by atoms with van der Waals surface area (Å²) < 4.78 is 9.50. The fraction of sp³-hybridized carbons (Fsp3) is 0.750. The molecule has 37 heavy (non-hydrogen) atoms. The quantitative estimate of drug-likeness (QED) is 0.145. The average molecular weight is 530 g/mol. The molecule has 0 aliphatic heterocycles. The van der Waals surface area contributed by atoms with E-state index in [0.717, 1.165) is 0 Å². The Morgan fingerprint density at radius 1 is 0.568 bits per heavy atom. The zero-order chi connectivity index (χ0) is 29.2. The summed E-state index contributed by atoms with van der Waals surface area (Å²) in [5.41, 5.74) is 17.2. The molecule has 0 aliphatic rings. The summed E-state index contributed by atoms with van der Waals surface area (Å²) in [6.45, 7) is 13.4. The molecule has 212 valence electrons. The van der Waals surface area contributed by atoms with Crippen LogP contribution in [0.25, 0.3) is 0 Å². The molecule has 0 radical (unpaired) electrons. The molecule has 0 saturated carbocycles. The number of nitrogens with two attached hydrogens (primary N) is 3. The molecule has 0 saturated heterocycles. The Morgan fingerprint density at radius 3 is 1.24 bits per heavy atom. The zero-order valence-corrected chi connectivity index (χ0v) is 22.9. The van der Waals surface area contributed by atoms with E-state index in [1.54, 1.807) is 55.4 Å². The maximum Gasteiger partial charge on any atom is 0.336 e. The highest BCUT2D eigenvalue weighted by molar-refractivity contribution is 5.97. The van der Waals surface area contributed by atoms with E-state index in [-0.39, 0.29) is 11.8 Å². The number of amides is 2. The smallest absolute Gasteiger partial charge is 0.336 e. The molecule has 8 N–H and O–H groups in total. The molecular weight excluding hydrogens is 486 g/mol. The molecule has 0 aliphatic carbocycles. The Morgan fingerprint density at radius 2 is 0.919 bits per heavy atom. The van der Waals surface area contributed by atoms with Gasteiger partial charge in [-0.05, 0) is 23.7 Å². The van der Waals surface area contributed by atoms with Gasteiger partial charge in [0.25, 0.3) is 0 Å². The van der Waals surface area contributed by atoms with Crippen LogP contribution in [0, 0.1) is 23.7 Å². The highest BCUT2D eigenvalue weighted by Gasteiger charge is 2.34. The van der Waals surface area contributed by atoms with Crippen LogP contribution < -0.4 is 27.8 Å². The Kier molecular flexibility index (Phi) is 14.2. The average Bonchev–Trinajstić information content (AvgIpc) is 2.78. The standard InChI is InChI=1S/C24H43N5O8/c1-10(2)16(26)20(31)28-18(12(5)6)23(34)36-15(30)9-14(25)22(33)37-24(35)19(13(7)8)29-21(32)17(27)11(3)4/h10-14,16-19H,9,25-27H2,1-8H3,(H,28,31)(H,29,32)/t14-,16-,17-,18-,19-/m0/s1. The van der Waals surface area contributed by atoms with E-state index in [9.17, 15) is 28.8 Å². The number of hydrogen-bond acceptors (Lipinski definition) is 11. The molecule has 5 atom stereocenters. The lowest BCUT2D eigenvalue weighted by Gasteiger charge is -2.24. The normalized spacial score (nSPS) is 15.5. The Hall–Kier alpha value is -2.90. The number of hydrogen-bond donors (Lipinski definition) is 5. The van der Waals surface area contributed by atoms with Crippen LogP contribution in [0.2, 0.25) is 0 Å². The Bertz CT molecular complexity index is 843. The maximum atomic E-state index is 12.5. The van der Waals surface area contributed by atoms with Crippen LogP contribution in [0.15, 0.2) is 0 Å². The van der Waals surface area contributed by atoms with Crippen molar-refractivity contribution in [1.82, 2.24) is 10.6 Å². The van der Waals surface area contributed by atoms with Gasteiger partial charge in [-0.25, -0.2) is 14.4 Å². The number of esters is 4. The highest BCUT2D eigenvalue weighted by atomic mass is 16.6. The molecule has 13 nitrogen and oxygen atoms in total. The molecule has 0 fully saturated rings. The summed E-state index contributed by atoms with van der Waals surface area (Å²) in [7, 11) is 0. The lowest BCUT2D eigenvalue weighted by Crippen LogP contribution is -2.53. The third-order valence-corrected chi connectivity index (χ3v) is 5.58. The largest absolute Gasteiger partial charge is 0.392 e. The van der Waals surface area contributed by atoms with Gasteiger partial charge >= 0.3 is 23.9 Å². The second-order valence-corrected chi connectivity index (χ2v) is 10.3. The van der Waals surface area contributed by atoms with Gasteiger partial charge in [0.05, 0.1) is 18.5 Å².